The molecule has 3 unspecified atom stereocenters. The number of rotatable bonds is 4. The van der Waals surface area contributed by atoms with E-state index in [-0.39, 0.29) is 23.2 Å². The highest BCUT2D eigenvalue weighted by atomic mass is 79.9. The van der Waals surface area contributed by atoms with Gasteiger partial charge >= 0.3 is 0 Å². The summed E-state index contributed by atoms with van der Waals surface area (Å²) in [4.78, 5) is 1.59. The van der Waals surface area contributed by atoms with Crippen molar-refractivity contribution < 1.29 is 18.3 Å². The third-order valence-corrected chi connectivity index (χ3v) is 5.68. The molecule has 152 valence electrons. The van der Waals surface area contributed by atoms with Crippen molar-refractivity contribution in [2.24, 2.45) is 5.73 Å². The number of nitrogens with zero attached hydrogens (tertiary/aromatic N) is 1. The van der Waals surface area contributed by atoms with Gasteiger partial charge in [0.05, 0.1) is 18.7 Å². The molecule has 1 aliphatic rings. The molecule has 3 atom stereocenters. The molecule has 2 aromatic rings. The number of aliphatic hydroxyl groups is 1. The zero-order valence-corrected chi connectivity index (χ0v) is 17.6. The number of hydrogen-bond acceptors (Lipinski definition) is 3. The van der Waals surface area contributed by atoms with Crippen LogP contribution < -0.4 is 5.73 Å². The van der Waals surface area contributed by atoms with E-state index in [4.69, 9.17) is 5.73 Å². The van der Waals surface area contributed by atoms with Crippen LogP contribution in [-0.4, -0.2) is 34.9 Å². The van der Waals surface area contributed by atoms with Crippen LogP contribution in [0.2, 0.25) is 0 Å². The average Bonchev–Trinajstić information content (AvgIpc) is 2.55. The van der Waals surface area contributed by atoms with Crippen molar-refractivity contribution in [3.8, 4) is 0 Å². The van der Waals surface area contributed by atoms with Gasteiger partial charge in [-0.15, -0.1) is 0 Å². The van der Waals surface area contributed by atoms with Gasteiger partial charge in [0.2, 0.25) is 0 Å². The predicted octanol–water partition coefficient (Wildman–Crippen LogP) is 4.55. The van der Waals surface area contributed by atoms with Gasteiger partial charge in [-0.05, 0) is 49.6 Å². The van der Waals surface area contributed by atoms with Crippen LogP contribution in [0.1, 0.15) is 48.2 Å². The fourth-order valence-corrected chi connectivity index (χ4v) is 4.56. The fourth-order valence-electron chi connectivity index (χ4n) is 4.16. The minimum atomic E-state index is -1.66. The highest BCUT2D eigenvalue weighted by Gasteiger charge is 2.44. The molecule has 3 rings (SSSR count). The Morgan fingerprint density at radius 3 is 2.32 bits per heavy atom. The van der Waals surface area contributed by atoms with E-state index in [1.807, 2.05) is 13.0 Å². The largest absolute Gasteiger partial charge is 0.395 e. The first-order valence-electron chi connectivity index (χ1n) is 9.10. The van der Waals surface area contributed by atoms with Crippen molar-refractivity contribution in [3.05, 3.63) is 68.7 Å². The smallest absolute Gasteiger partial charge is 0.132 e. The molecule has 1 aliphatic heterocycles. The van der Waals surface area contributed by atoms with Crippen LogP contribution in [0.3, 0.4) is 0 Å². The van der Waals surface area contributed by atoms with E-state index in [0.717, 1.165) is 11.1 Å². The van der Waals surface area contributed by atoms with Crippen LogP contribution >= 0.6 is 15.9 Å². The van der Waals surface area contributed by atoms with Gasteiger partial charge in [-0.1, -0.05) is 34.1 Å². The number of benzene rings is 2. The molecule has 7 heteroatoms. The molecule has 2 aromatic carbocycles. The lowest BCUT2D eigenvalue weighted by Crippen LogP contribution is -2.54. The molecule has 28 heavy (non-hydrogen) atoms. The Kier molecular flexibility index (Phi) is 5.92. The Morgan fingerprint density at radius 1 is 1.18 bits per heavy atom. The number of aliphatic hydroxyl groups excluding tert-OH is 1. The lowest BCUT2D eigenvalue weighted by atomic mass is 9.79. The SMILES string of the molecule is Cc1cccc2c1C(N)C(CO)N(CC(C)(C)F)C2c1c(F)cc(Br)cc1F. The first-order valence-corrected chi connectivity index (χ1v) is 9.89. The maximum atomic E-state index is 14.9. The number of halogens is 4. The molecule has 0 fully saturated rings. The van der Waals surface area contributed by atoms with Gasteiger partial charge in [-0.25, -0.2) is 13.2 Å². The second-order valence-corrected chi connectivity index (χ2v) is 8.85. The second-order valence-electron chi connectivity index (χ2n) is 7.93. The minimum absolute atomic E-state index is 0.140. The van der Waals surface area contributed by atoms with E-state index >= 15 is 0 Å². The van der Waals surface area contributed by atoms with Gasteiger partial charge in [0.15, 0.2) is 0 Å². The Morgan fingerprint density at radius 2 is 1.79 bits per heavy atom. The summed E-state index contributed by atoms with van der Waals surface area (Å²) in [5, 5.41) is 10.1. The summed E-state index contributed by atoms with van der Waals surface area (Å²) in [5.74, 6) is -1.48. The standard InChI is InChI=1S/C21H24BrF3N2O/c1-11-5-4-6-13-17(11)19(26)16(9-28)27(10-21(2,3)25)20(13)18-14(23)7-12(22)8-15(18)24/h4-8,16,19-20,28H,9-10,26H2,1-3H3. The van der Waals surface area contributed by atoms with Gasteiger partial charge in [0, 0.05) is 22.6 Å². The normalized spacial score (nSPS) is 23.0. The first-order chi connectivity index (χ1) is 13.0. The molecule has 3 nitrogen and oxygen atoms in total. The first kappa shape index (κ1) is 21.3. The summed E-state index contributed by atoms with van der Waals surface area (Å²) in [6.45, 7) is 4.15. The number of nitrogens with two attached hydrogens (primary N) is 1. The van der Waals surface area contributed by atoms with Crippen molar-refractivity contribution in [2.45, 2.75) is 44.6 Å². The predicted molar refractivity (Wildman–Crippen MR) is 107 cm³/mol. The van der Waals surface area contributed by atoms with Crippen LogP contribution in [0.25, 0.3) is 0 Å². The van der Waals surface area contributed by atoms with Crippen molar-refractivity contribution >= 4 is 15.9 Å². The summed E-state index contributed by atoms with van der Waals surface area (Å²) in [6.07, 6.45) is 0. The quantitative estimate of drug-likeness (QED) is 0.709. The number of aryl methyl sites for hydroxylation is 1. The Balaban J connectivity index is 2.31. The molecule has 0 aromatic heterocycles. The van der Waals surface area contributed by atoms with Crippen molar-refractivity contribution in [1.29, 1.82) is 0 Å². The molecule has 0 radical (unpaired) electrons. The second kappa shape index (κ2) is 7.78. The van der Waals surface area contributed by atoms with Gasteiger partial charge in [-0.2, -0.15) is 0 Å². The maximum Gasteiger partial charge on any atom is 0.132 e. The molecule has 3 N–H and O–H groups in total. The minimum Gasteiger partial charge on any atom is -0.395 e. The topological polar surface area (TPSA) is 49.5 Å². The molecule has 0 aliphatic carbocycles. The molecule has 0 saturated heterocycles. The summed E-state index contributed by atoms with van der Waals surface area (Å²) < 4.78 is 44.8. The van der Waals surface area contributed by atoms with Crippen molar-refractivity contribution in [3.63, 3.8) is 0 Å². The summed E-state index contributed by atoms with van der Waals surface area (Å²) in [6, 6.07) is 5.60. The molecule has 0 spiro atoms. The zero-order valence-electron chi connectivity index (χ0n) is 16.0. The third kappa shape index (κ3) is 3.85. The number of hydrogen-bond donors (Lipinski definition) is 2. The summed E-state index contributed by atoms with van der Waals surface area (Å²) in [5.41, 5.74) is 6.83. The number of alkyl halides is 1. The molecule has 0 amide bonds. The van der Waals surface area contributed by atoms with E-state index in [9.17, 15) is 18.3 Å². The monoisotopic (exact) mass is 456 g/mol. The van der Waals surface area contributed by atoms with Crippen molar-refractivity contribution in [1.82, 2.24) is 4.90 Å². The van der Waals surface area contributed by atoms with Crippen LogP contribution in [0, 0.1) is 18.6 Å². The van der Waals surface area contributed by atoms with E-state index in [1.54, 1.807) is 17.0 Å². The van der Waals surface area contributed by atoms with Crippen LogP contribution in [0.5, 0.6) is 0 Å². The fraction of sp³-hybridized carbons (Fsp3) is 0.429. The Hall–Kier alpha value is -1.41. The molecule has 0 bridgehead atoms. The number of fused-ring (bicyclic) bond motifs is 1. The molecule has 0 saturated carbocycles. The lowest BCUT2D eigenvalue weighted by molar-refractivity contribution is 0.0204. The van der Waals surface area contributed by atoms with Crippen LogP contribution in [0.4, 0.5) is 13.2 Å². The maximum absolute atomic E-state index is 14.9. The van der Waals surface area contributed by atoms with E-state index < -0.39 is 35.4 Å². The van der Waals surface area contributed by atoms with Gasteiger partial charge in [-0.3, -0.25) is 4.90 Å². The average molecular weight is 457 g/mol. The van der Waals surface area contributed by atoms with Crippen molar-refractivity contribution in [2.75, 3.05) is 13.2 Å². The van der Waals surface area contributed by atoms with Crippen LogP contribution in [-0.2, 0) is 0 Å². The van der Waals surface area contributed by atoms with E-state index in [1.165, 1.54) is 26.0 Å². The van der Waals surface area contributed by atoms with Gasteiger partial charge < -0.3 is 10.8 Å². The molecule has 1 heterocycles. The highest BCUT2D eigenvalue weighted by molar-refractivity contribution is 9.10. The highest BCUT2D eigenvalue weighted by Crippen LogP contribution is 2.45. The van der Waals surface area contributed by atoms with E-state index in [0.29, 0.717) is 5.56 Å². The van der Waals surface area contributed by atoms with Crippen LogP contribution in [0.15, 0.2) is 34.8 Å². The lowest BCUT2D eigenvalue weighted by Gasteiger charge is -2.48. The van der Waals surface area contributed by atoms with E-state index in [2.05, 4.69) is 15.9 Å². The summed E-state index contributed by atoms with van der Waals surface area (Å²) in [7, 11) is 0. The van der Waals surface area contributed by atoms with Gasteiger partial charge in [0.25, 0.3) is 0 Å². The third-order valence-electron chi connectivity index (χ3n) is 5.22. The molecular formula is C21H24BrF3N2O. The molecular weight excluding hydrogens is 433 g/mol. The Bertz CT molecular complexity index is 861. The Labute approximate surface area is 171 Å². The summed E-state index contributed by atoms with van der Waals surface area (Å²) >= 11 is 3.10. The zero-order chi connectivity index (χ0) is 20.8. The van der Waals surface area contributed by atoms with Gasteiger partial charge in [0.1, 0.15) is 17.3 Å².